The van der Waals surface area contributed by atoms with Crippen LogP contribution in [0.1, 0.15) is 26.7 Å². The van der Waals surface area contributed by atoms with E-state index in [4.69, 9.17) is 0 Å². The first kappa shape index (κ1) is 10.0. The van der Waals surface area contributed by atoms with Gasteiger partial charge in [-0.25, -0.2) is 0 Å². The highest BCUT2D eigenvalue weighted by Crippen LogP contribution is 2.15. The van der Waals surface area contributed by atoms with Gasteiger partial charge in [0.15, 0.2) is 0 Å². The summed E-state index contributed by atoms with van der Waals surface area (Å²) >= 11 is 0. The number of quaternary nitrogens is 1. The summed E-state index contributed by atoms with van der Waals surface area (Å²) in [4.78, 5) is 2.46. The average molecular weight is 171 g/mol. The molecule has 72 valence electrons. The lowest BCUT2D eigenvalue weighted by molar-refractivity contribution is -0.919. The van der Waals surface area contributed by atoms with Gasteiger partial charge in [0.25, 0.3) is 0 Å². The molecule has 1 aliphatic rings. The van der Waals surface area contributed by atoms with E-state index in [9.17, 15) is 0 Å². The van der Waals surface area contributed by atoms with Gasteiger partial charge >= 0.3 is 0 Å². The molecule has 0 aromatic carbocycles. The second-order valence-electron chi connectivity index (χ2n) is 4.18. The Kier molecular flexibility index (Phi) is 3.53. The fourth-order valence-electron chi connectivity index (χ4n) is 2.13. The van der Waals surface area contributed by atoms with Crippen LogP contribution in [0.5, 0.6) is 0 Å². The molecule has 1 atom stereocenters. The molecule has 0 bridgehead atoms. The van der Waals surface area contributed by atoms with Crippen molar-refractivity contribution in [3.8, 4) is 0 Å². The summed E-state index contributed by atoms with van der Waals surface area (Å²) in [5.41, 5.74) is 0. The fourth-order valence-corrected chi connectivity index (χ4v) is 2.13. The zero-order valence-corrected chi connectivity index (χ0v) is 8.84. The predicted octanol–water partition coefficient (Wildman–Crippen LogP) is 1.53. The maximum absolute atomic E-state index is 2.46. The van der Waals surface area contributed by atoms with Crippen LogP contribution in [0.25, 0.3) is 0 Å². The monoisotopic (exact) mass is 171 g/mol. The SMILES string of the molecule is CCCC[N+]1(CC)CCN(C)C1. The molecule has 12 heavy (non-hydrogen) atoms. The Bertz CT molecular complexity index is 136. The van der Waals surface area contributed by atoms with Crippen LogP contribution < -0.4 is 0 Å². The van der Waals surface area contributed by atoms with Gasteiger partial charge in [-0.05, 0) is 20.4 Å². The minimum atomic E-state index is 1.27. The fraction of sp³-hybridized carbons (Fsp3) is 1.00. The standard InChI is InChI=1S/C10H23N2/c1-4-6-8-12(5-2)9-7-11(3)10-12/h4-10H2,1-3H3/q+1. The number of likely N-dealkylation sites (N-methyl/N-ethyl adjacent to an activating group) is 2. The third-order valence-corrected chi connectivity index (χ3v) is 3.15. The maximum atomic E-state index is 2.46. The average Bonchev–Trinajstić information content (AvgIpc) is 2.45. The van der Waals surface area contributed by atoms with Crippen LogP contribution in [-0.4, -0.2) is 49.3 Å². The van der Waals surface area contributed by atoms with Gasteiger partial charge < -0.3 is 4.48 Å². The van der Waals surface area contributed by atoms with Crippen molar-refractivity contribution in [3.05, 3.63) is 0 Å². The summed E-state index contributed by atoms with van der Waals surface area (Å²) in [6.45, 7) is 11.2. The van der Waals surface area contributed by atoms with E-state index in [1.165, 1.54) is 50.2 Å². The van der Waals surface area contributed by atoms with Gasteiger partial charge in [0.1, 0.15) is 6.67 Å². The molecule has 0 aliphatic carbocycles. The smallest absolute Gasteiger partial charge is 0.135 e. The van der Waals surface area contributed by atoms with Crippen LogP contribution in [0.3, 0.4) is 0 Å². The van der Waals surface area contributed by atoms with Gasteiger partial charge in [-0.1, -0.05) is 13.3 Å². The lowest BCUT2D eigenvalue weighted by Crippen LogP contribution is -2.47. The Hall–Kier alpha value is -0.0800. The molecule has 0 aromatic rings. The Labute approximate surface area is 76.7 Å². The number of nitrogens with zero attached hydrogens (tertiary/aromatic N) is 2. The van der Waals surface area contributed by atoms with Crippen molar-refractivity contribution in [1.82, 2.24) is 4.90 Å². The molecule has 0 amide bonds. The summed E-state index contributed by atoms with van der Waals surface area (Å²) in [5.74, 6) is 0. The Balaban J connectivity index is 2.41. The molecular formula is C10H23N2+. The molecule has 0 saturated carbocycles. The van der Waals surface area contributed by atoms with Gasteiger partial charge in [0, 0.05) is 0 Å². The van der Waals surface area contributed by atoms with Crippen molar-refractivity contribution in [2.24, 2.45) is 0 Å². The van der Waals surface area contributed by atoms with Gasteiger partial charge in [0.05, 0.1) is 26.2 Å². The second kappa shape index (κ2) is 4.24. The zero-order chi connectivity index (χ0) is 9.03. The van der Waals surface area contributed by atoms with Crippen molar-refractivity contribution >= 4 is 0 Å². The molecule has 0 spiro atoms. The van der Waals surface area contributed by atoms with Crippen molar-refractivity contribution in [1.29, 1.82) is 0 Å². The Morgan fingerprint density at radius 3 is 2.50 bits per heavy atom. The van der Waals surface area contributed by atoms with Gasteiger partial charge in [-0.15, -0.1) is 0 Å². The van der Waals surface area contributed by atoms with Crippen molar-refractivity contribution in [3.63, 3.8) is 0 Å². The third kappa shape index (κ3) is 2.20. The molecule has 1 rings (SSSR count). The number of hydrogen-bond donors (Lipinski definition) is 0. The first-order valence-corrected chi connectivity index (χ1v) is 5.26. The van der Waals surface area contributed by atoms with Crippen LogP contribution in [-0.2, 0) is 0 Å². The largest absolute Gasteiger partial charge is 0.310 e. The van der Waals surface area contributed by atoms with Crippen molar-refractivity contribution in [2.45, 2.75) is 26.7 Å². The summed E-state index contributed by atoms with van der Waals surface area (Å²) in [6.07, 6.45) is 2.73. The van der Waals surface area contributed by atoms with Crippen LogP contribution in [0.2, 0.25) is 0 Å². The highest BCUT2D eigenvalue weighted by molar-refractivity contribution is 4.56. The first-order chi connectivity index (χ1) is 5.72. The molecule has 0 N–H and O–H groups in total. The van der Waals surface area contributed by atoms with E-state index in [2.05, 4.69) is 25.8 Å². The van der Waals surface area contributed by atoms with Crippen LogP contribution in [0.15, 0.2) is 0 Å². The zero-order valence-electron chi connectivity index (χ0n) is 8.84. The van der Waals surface area contributed by atoms with Gasteiger partial charge in [0.2, 0.25) is 0 Å². The number of rotatable bonds is 4. The lowest BCUT2D eigenvalue weighted by atomic mass is 10.3. The molecular weight excluding hydrogens is 148 g/mol. The molecule has 1 saturated heterocycles. The van der Waals surface area contributed by atoms with E-state index in [0.29, 0.717) is 0 Å². The van der Waals surface area contributed by atoms with Crippen molar-refractivity contribution in [2.75, 3.05) is 39.9 Å². The van der Waals surface area contributed by atoms with Crippen LogP contribution in [0, 0.1) is 0 Å². The van der Waals surface area contributed by atoms with E-state index in [-0.39, 0.29) is 0 Å². The van der Waals surface area contributed by atoms with E-state index in [1.807, 2.05) is 0 Å². The minimum absolute atomic E-state index is 1.27. The van der Waals surface area contributed by atoms with E-state index in [1.54, 1.807) is 0 Å². The number of unbranched alkanes of at least 4 members (excludes halogenated alkanes) is 1. The van der Waals surface area contributed by atoms with E-state index in [0.717, 1.165) is 0 Å². The summed E-state index contributed by atoms with van der Waals surface area (Å²) < 4.78 is 1.34. The summed E-state index contributed by atoms with van der Waals surface area (Å²) in [5, 5.41) is 0. The predicted molar refractivity (Wildman–Crippen MR) is 52.9 cm³/mol. The van der Waals surface area contributed by atoms with Crippen molar-refractivity contribution < 1.29 is 4.48 Å². The maximum Gasteiger partial charge on any atom is 0.135 e. The van der Waals surface area contributed by atoms with E-state index < -0.39 is 0 Å². The molecule has 1 fully saturated rings. The van der Waals surface area contributed by atoms with Crippen LogP contribution in [0.4, 0.5) is 0 Å². The van der Waals surface area contributed by atoms with Gasteiger partial charge in [-0.3, -0.25) is 4.90 Å². The topological polar surface area (TPSA) is 3.24 Å². The molecule has 1 unspecified atom stereocenters. The van der Waals surface area contributed by atoms with E-state index >= 15 is 0 Å². The molecule has 2 heteroatoms. The quantitative estimate of drug-likeness (QED) is 0.580. The lowest BCUT2D eigenvalue weighted by Gasteiger charge is -2.32. The highest BCUT2D eigenvalue weighted by atomic mass is 15.5. The normalized spacial score (nSPS) is 31.2. The van der Waals surface area contributed by atoms with Crippen LogP contribution >= 0.6 is 0 Å². The molecule has 0 aromatic heterocycles. The molecule has 2 nitrogen and oxygen atoms in total. The summed E-state index contributed by atoms with van der Waals surface area (Å²) in [6, 6.07) is 0. The first-order valence-electron chi connectivity index (χ1n) is 5.26. The second-order valence-corrected chi connectivity index (χ2v) is 4.18. The molecule has 0 radical (unpaired) electrons. The van der Waals surface area contributed by atoms with Gasteiger partial charge in [-0.2, -0.15) is 0 Å². The molecule has 1 aliphatic heterocycles. The number of hydrogen-bond acceptors (Lipinski definition) is 1. The minimum Gasteiger partial charge on any atom is -0.310 e. The highest BCUT2D eigenvalue weighted by Gasteiger charge is 2.32. The third-order valence-electron chi connectivity index (χ3n) is 3.15. The summed E-state index contributed by atoms with van der Waals surface area (Å²) in [7, 11) is 2.24. The Morgan fingerprint density at radius 2 is 2.08 bits per heavy atom. The Morgan fingerprint density at radius 1 is 1.33 bits per heavy atom. The molecule has 1 heterocycles.